The molecule has 1 unspecified atom stereocenters. The van der Waals surface area contributed by atoms with Gasteiger partial charge in [-0.15, -0.1) is 0 Å². The third-order valence-electron chi connectivity index (χ3n) is 4.84. The molecule has 32 heavy (non-hydrogen) atoms. The maximum absolute atomic E-state index is 13.1. The highest BCUT2D eigenvalue weighted by molar-refractivity contribution is 7.92. The number of halogens is 2. The van der Waals surface area contributed by atoms with Crippen LogP contribution in [0.15, 0.2) is 65.6 Å². The molecule has 7 nitrogen and oxygen atoms in total. The molecule has 3 aromatic rings. The third kappa shape index (κ3) is 4.63. The Labute approximate surface area is 189 Å². The summed E-state index contributed by atoms with van der Waals surface area (Å²) in [5.74, 6) is 0.266. The molecule has 0 bridgehead atoms. The minimum atomic E-state index is -4.03. The van der Waals surface area contributed by atoms with Gasteiger partial charge in [0.05, 0.1) is 21.6 Å². The van der Waals surface area contributed by atoms with Crippen LogP contribution in [0.3, 0.4) is 0 Å². The number of carbonyl (C=O) groups is 1. The number of fused-ring (bicyclic) bond motifs is 1. The molecule has 0 spiro atoms. The average molecular weight is 477 g/mol. The number of hydrogen-bond acceptors (Lipinski definition) is 5. The summed E-state index contributed by atoms with van der Waals surface area (Å²) in [6, 6.07) is 13.6. The Bertz CT molecular complexity index is 1280. The molecule has 10 heteroatoms. The van der Waals surface area contributed by atoms with Crippen molar-refractivity contribution in [3.63, 3.8) is 0 Å². The van der Waals surface area contributed by atoms with E-state index in [1.807, 2.05) is 13.0 Å². The van der Waals surface area contributed by atoms with Crippen molar-refractivity contribution in [3.8, 4) is 11.5 Å². The van der Waals surface area contributed by atoms with Gasteiger partial charge in [-0.1, -0.05) is 17.7 Å². The van der Waals surface area contributed by atoms with Crippen LogP contribution in [0.5, 0.6) is 11.5 Å². The quantitative estimate of drug-likeness (QED) is 0.546. The fourth-order valence-corrected chi connectivity index (χ4v) is 4.40. The molecule has 2 N–H and O–H groups in total. The molecule has 3 aromatic carbocycles. The van der Waals surface area contributed by atoms with E-state index in [-0.39, 0.29) is 34.0 Å². The Morgan fingerprint density at radius 2 is 1.75 bits per heavy atom. The van der Waals surface area contributed by atoms with Gasteiger partial charge >= 0.3 is 0 Å². The zero-order valence-corrected chi connectivity index (χ0v) is 18.3. The van der Waals surface area contributed by atoms with Crippen molar-refractivity contribution in [1.29, 1.82) is 0 Å². The first-order valence-electron chi connectivity index (χ1n) is 9.51. The highest BCUT2D eigenvalue weighted by Crippen LogP contribution is 2.34. The van der Waals surface area contributed by atoms with Gasteiger partial charge in [0.1, 0.15) is 5.82 Å². The van der Waals surface area contributed by atoms with E-state index >= 15 is 0 Å². The first-order valence-corrected chi connectivity index (χ1v) is 11.4. The minimum Gasteiger partial charge on any atom is -0.454 e. The third-order valence-corrected chi connectivity index (χ3v) is 6.55. The molecule has 1 aliphatic heterocycles. The zero-order chi connectivity index (χ0) is 22.9. The maximum atomic E-state index is 13.1. The maximum Gasteiger partial charge on any atom is 0.261 e. The lowest BCUT2D eigenvalue weighted by molar-refractivity contribution is 0.0939. The van der Waals surface area contributed by atoms with E-state index in [0.717, 1.165) is 29.8 Å². The second kappa shape index (κ2) is 8.68. The fourth-order valence-electron chi connectivity index (χ4n) is 3.11. The summed E-state index contributed by atoms with van der Waals surface area (Å²) in [5.41, 5.74) is 1.05. The molecule has 0 aromatic heterocycles. The largest absolute Gasteiger partial charge is 0.454 e. The Morgan fingerprint density at radius 3 is 2.50 bits per heavy atom. The van der Waals surface area contributed by atoms with Crippen molar-refractivity contribution < 1.29 is 27.1 Å². The van der Waals surface area contributed by atoms with Gasteiger partial charge in [-0.3, -0.25) is 9.52 Å². The predicted octanol–water partition coefficient (Wildman–Crippen LogP) is 4.50. The number of benzene rings is 3. The topological polar surface area (TPSA) is 93.7 Å². The van der Waals surface area contributed by atoms with Crippen molar-refractivity contribution >= 4 is 33.2 Å². The van der Waals surface area contributed by atoms with E-state index in [4.69, 9.17) is 21.1 Å². The Kier molecular flexibility index (Phi) is 5.94. The second-order valence-corrected chi connectivity index (χ2v) is 9.15. The number of carbonyl (C=O) groups excluding carboxylic acids is 1. The summed E-state index contributed by atoms with van der Waals surface area (Å²) >= 11 is 6.13. The van der Waals surface area contributed by atoms with Crippen molar-refractivity contribution in [3.05, 3.63) is 82.6 Å². The SMILES string of the molecule is CC(NC(=O)c1ccc(Cl)c(NS(=O)(=O)c2ccc(F)cc2)c1)c1ccc2c(c1)OCO2. The molecule has 1 aliphatic rings. The number of hydrogen-bond donors (Lipinski definition) is 2. The van der Waals surface area contributed by atoms with Crippen LogP contribution in [-0.2, 0) is 10.0 Å². The van der Waals surface area contributed by atoms with Crippen LogP contribution in [0.25, 0.3) is 0 Å². The summed E-state index contributed by atoms with van der Waals surface area (Å²) in [6.45, 7) is 1.96. The first kappa shape index (κ1) is 21.9. The van der Waals surface area contributed by atoms with E-state index in [1.165, 1.54) is 18.2 Å². The Balaban J connectivity index is 1.51. The molecule has 1 heterocycles. The number of sulfonamides is 1. The number of nitrogens with one attached hydrogen (secondary N) is 2. The van der Waals surface area contributed by atoms with E-state index in [2.05, 4.69) is 10.0 Å². The fraction of sp³-hybridized carbons (Fsp3) is 0.136. The monoisotopic (exact) mass is 476 g/mol. The molecule has 0 saturated carbocycles. The first-order chi connectivity index (χ1) is 15.2. The van der Waals surface area contributed by atoms with Gasteiger partial charge in [-0.2, -0.15) is 0 Å². The van der Waals surface area contributed by atoms with Crippen molar-refractivity contribution in [2.75, 3.05) is 11.5 Å². The lowest BCUT2D eigenvalue weighted by Gasteiger charge is -2.16. The van der Waals surface area contributed by atoms with Crippen LogP contribution < -0.4 is 19.5 Å². The zero-order valence-electron chi connectivity index (χ0n) is 16.8. The van der Waals surface area contributed by atoms with E-state index in [1.54, 1.807) is 12.1 Å². The Morgan fingerprint density at radius 1 is 1.03 bits per heavy atom. The van der Waals surface area contributed by atoms with Crippen LogP contribution >= 0.6 is 11.6 Å². The molecule has 1 amide bonds. The number of anilines is 1. The molecule has 4 rings (SSSR count). The van der Waals surface area contributed by atoms with Gasteiger partial charge in [0.15, 0.2) is 11.5 Å². The van der Waals surface area contributed by atoms with Gasteiger partial charge in [0.25, 0.3) is 15.9 Å². The van der Waals surface area contributed by atoms with Gasteiger partial charge in [-0.05, 0) is 67.1 Å². The molecule has 166 valence electrons. The van der Waals surface area contributed by atoms with Crippen molar-refractivity contribution in [2.45, 2.75) is 17.9 Å². The van der Waals surface area contributed by atoms with Gasteiger partial charge in [0, 0.05) is 5.56 Å². The van der Waals surface area contributed by atoms with Crippen LogP contribution in [0, 0.1) is 5.82 Å². The molecule has 1 atom stereocenters. The normalized spacial score (nSPS) is 13.5. The van der Waals surface area contributed by atoms with Crippen molar-refractivity contribution in [1.82, 2.24) is 5.32 Å². The smallest absolute Gasteiger partial charge is 0.261 e. The predicted molar refractivity (Wildman–Crippen MR) is 117 cm³/mol. The van der Waals surface area contributed by atoms with Crippen LogP contribution in [0.1, 0.15) is 28.9 Å². The van der Waals surface area contributed by atoms with Crippen LogP contribution in [0.2, 0.25) is 5.02 Å². The number of rotatable bonds is 6. The standard InChI is InChI=1S/C22H18ClFN2O5S/c1-13(14-3-9-20-21(11-14)31-12-30-20)25-22(27)15-2-8-18(23)19(10-15)26-32(28,29)17-6-4-16(24)5-7-17/h2-11,13,26H,12H2,1H3,(H,25,27). The average Bonchev–Trinajstić information content (AvgIpc) is 3.23. The number of ether oxygens (including phenoxy) is 2. The Hall–Kier alpha value is -3.30. The van der Waals surface area contributed by atoms with Crippen molar-refractivity contribution in [2.24, 2.45) is 0 Å². The van der Waals surface area contributed by atoms with Gasteiger partial charge in [0.2, 0.25) is 6.79 Å². The highest BCUT2D eigenvalue weighted by atomic mass is 35.5. The molecular formula is C22H18ClFN2O5S. The van der Waals surface area contributed by atoms with Crippen LogP contribution in [0.4, 0.5) is 10.1 Å². The van der Waals surface area contributed by atoms with E-state index in [0.29, 0.717) is 11.5 Å². The molecule has 0 radical (unpaired) electrons. The summed E-state index contributed by atoms with van der Waals surface area (Å²) in [6.07, 6.45) is 0. The highest BCUT2D eigenvalue weighted by Gasteiger charge is 2.20. The van der Waals surface area contributed by atoms with Crippen LogP contribution in [-0.4, -0.2) is 21.1 Å². The minimum absolute atomic E-state index is 0.0272. The molecular weight excluding hydrogens is 459 g/mol. The summed E-state index contributed by atoms with van der Waals surface area (Å²) in [5, 5.41) is 2.96. The van der Waals surface area contributed by atoms with E-state index < -0.39 is 21.7 Å². The van der Waals surface area contributed by atoms with E-state index in [9.17, 15) is 17.6 Å². The molecule has 0 aliphatic carbocycles. The molecule has 0 fully saturated rings. The lowest BCUT2D eigenvalue weighted by Crippen LogP contribution is -2.26. The lowest BCUT2D eigenvalue weighted by atomic mass is 10.1. The summed E-state index contributed by atoms with van der Waals surface area (Å²) < 4.78 is 51.3. The van der Waals surface area contributed by atoms with Gasteiger partial charge in [-0.25, -0.2) is 12.8 Å². The summed E-state index contributed by atoms with van der Waals surface area (Å²) in [4.78, 5) is 12.6. The number of amides is 1. The summed E-state index contributed by atoms with van der Waals surface area (Å²) in [7, 11) is -4.03. The molecule has 0 saturated heterocycles. The van der Waals surface area contributed by atoms with Gasteiger partial charge < -0.3 is 14.8 Å². The second-order valence-electron chi connectivity index (χ2n) is 7.06.